The number of rotatable bonds is 4. The van der Waals surface area contributed by atoms with E-state index in [4.69, 9.17) is 20.9 Å². The second-order valence-electron chi connectivity index (χ2n) is 7.63. The first-order valence-corrected chi connectivity index (χ1v) is 11.6. The van der Waals surface area contributed by atoms with Crippen molar-refractivity contribution in [3.8, 4) is 23.4 Å². The van der Waals surface area contributed by atoms with Crippen molar-refractivity contribution in [1.82, 2.24) is 14.2 Å². The molecule has 3 heterocycles. The smallest absolute Gasteiger partial charge is 0.285 e. The summed E-state index contributed by atoms with van der Waals surface area (Å²) in [4.78, 5) is 3.89. The number of pyridine rings is 1. The highest BCUT2D eigenvalue weighted by atomic mass is 32.2. The first kappa shape index (κ1) is 22.1. The largest absolute Gasteiger partial charge is 0.506 e. The van der Waals surface area contributed by atoms with Crippen LogP contribution in [0.15, 0.2) is 71.1 Å². The number of nitriles is 1. The van der Waals surface area contributed by atoms with Crippen LogP contribution in [0.3, 0.4) is 0 Å². The summed E-state index contributed by atoms with van der Waals surface area (Å²) in [5, 5.41) is 24.2. The number of nitrogen functional groups attached to an aromatic ring is 1. The molecule has 0 spiro atoms. The molecule has 0 amide bonds. The number of hydrogen-bond acceptors (Lipinski definition) is 10. The topological polar surface area (TPSA) is 179 Å². The van der Waals surface area contributed by atoms with Crippen LogP contribution in [-0.2, 0) is 10.0 Å². The van der Waals surface area contributed by atoms with Gasteiger partial charge < -0.3 is 26.0 Å². The maximum atomic E-state index is 13.7. The van der Waals surface area contributed by atoms with Crippen LogP contribution >= 0.6 is 0 Å². The standard InChI is InChI=1S/C23H18N6O5S/c1-33-13-6-4-12(5-7-13)18-15(11-24)22(26)34-23-19(18)21(25)29(28-23)35(31,32)17-9-8-16(30)20-14(17)3-2-10-27-20/h2-10,18,30H,25-26H2,1H3/t18-/m1/s1. The van der Waals surface area contributed by atoms with Crippen LogP contribution in [0.25, 0.3) is 10.9 Å². The van der Waals surface area contributed by atoms with Crippen molar-refractivity contribution in [2.45, 2.75) is 10.8 Å². The summed E-state index contributed by atoms with van der Waals surface area (Å²) in [7, 11) is -2.85. The summed E-state index contributed by atoms with van der Waals surface area (Å²) in [6.07, 6.45) is 1.44. The average Bonchev–Trinajstić information content (AvgIpc) is 3.20. The number of fused-ring (bicyclic) bond motifs is 2. The van der Waals surface area contributed by atoms with E-state index in [-0.39, 0.29) is 50.3 Å². The molecule has 0 saturated heterocycles. The van der Waals surface area contributed by atoms with Crippen LogP contribution in [-0.4, -0.2) is 34.8 Å². The molecule has 35 heavy (non-hydrogen) atoms. The van der Waals surface area contributed by atoms with Gasteiger partial charge in [0.1, 0.15) is 34.5 Å². The van der Waals surface area contributed by atoms with Crippen LogP contribution in [0, 0.1) is 11.3 Å². The maximum absolute atomic E-state index is 13.7. The molecule has 4 aromatic rings. The molecule has 1 aliphatic rings. The Bertz CT molecular complexity index is 1670. The zero-order chi connectivity index (χ0) is 24.9. The normalized spacial score (nSPS) is 15.4. The van der Waals surface area contributed by atoms with E-state index in [1.807, 2.05) is 6.07 Å². The minimum atomic E-state index is -4.38. The molecule has 2 aromatic heterocycles. The summed E-state index contributed by atoms with van der Waals surface area (Å²) in [6.45, 7) is 0. The highest BCUT2D eigenvalue weighted by Crippen LogP contribution is 2.46. The Morgan fingerprint density at radius 3 is 2.60 bits per heavy atom. The number of phenolic OH excluding ortho intramolecular Hbond substituents is 1. The Balaban J connectivity index is 1.72. The fraction of sp³-hybridized carbons (Fsp3) is 0.0870. The first-order chi connectivity index (χ1) is 16.8. The number of anilines is 1. The third-order valence-electron chi connectivity index (χ3n) is 5.73. The summed E-state index contributed by atoms with van der Waals surface area (Å²) < 4.78 is 38.7. The van der Waals surface area contributed by atoms with Crippen molar-refractivity contribution in [3.05, 3.63) is 77.3 Å². The van der Waals surface area contributed by atoms with Gasteiger partial charge in [-0.2, -0.15) is 13.7 Å². The van der Waals surface area contributed by atoms with Crippen LogP contribution in [0.5, 0.6) is 17.4 Å². The van der Waals surface area contributed by atoms with Gasteiger partial charge in [-0.3, -0.25) is 4.98 Å². The van der Waals surface area contributed by atoms with E-state index in [9.17, 15) is 18.8 Å². The molecule has 0 saturated carbocycles. The van der Waals surface area contributed by atoms with Gasteiger partial charge in [0.15, 0.2) is 0 Å². The van der Waals surface area contributed by atoms with Gasteiger partial charge in [-0.05, 0) is 42.0 Å². The Morgan fingerprint density at radius 1 is 1.17 bits per heavy atom. The molecule has 0 fully saturated rings. The Hall–Kier alpha value is -4.76. The van der Waals surface area contributed by atoms with Crippen LogP contribution in [0.1, 0.15) is 17.0 Å². The molecule has 0 unspecified atom stereocenters. The Morgan fingerprint density at radius 2 is 1.91 bits per heavy atom. The third-order valence-corrected chi connectivity index (χ3v) is 7.37. The lowest BCUT2D eigenvalue weighted by molar-refractivity contribution is 0.377. The maximum Gasteiger partial charge on any atom is 0.285 e. The van der Waals surface area contributed by atoms with Gasteiger partial charge in [-0.1, -0.05) is 12.1 Å². The van der Waals surface area contributed by atoms with Crippen LogP contribution in [0.4, 0.5) is 5.82 Å². The predicted octanol–water partition coefficient (Wildman–Crippen LogP) is 2.18. The fourth-order valence-corrected chi connectivity index (χ4v) is 5.49. The second kappa shape index (κ2) is 7.93. The van der Waals surface area contributed by atoms with Gasteiger partial charge in [-0.25, -0.2) is 0 Å². The Labute approximate surface area is 199 Å². The first-order valence-electron chi connectivity index (χ1n) is 10.2. The number of methoxy groups -OCH3 is 1. The molecule has 0 bridgehead atoms. The molecule has 176 valence electrons. The second-order valence-corrected chi connectivity index (χ2v) is 9.37. The average molecular weight is 491 g/mol. The molecule has 5 rings (SSSR count). The number of hydrogen-bond donors (Lipinski definition) is 3. The molecule has 5 N–H and O–H groups in total. The predicted molar refractivity (Wildman–Crippen MR) is 125 cm³/mol. The number of allylic oxidation sites excluding steroid dienone is 1. The molecule has 0 aliphatic carbocycles. The lowest BCUT2D eigenvalue weighted by Crippen LogP contribution is -2.21. The van der Waals surface area contributed by atoms with Gasteiger partial charge in [0.05, 0.1) is 23.5 Å². The van der Waals surface area contributed by atoms with Crippen molar-refractivity contribution in [2.75, 3.05) is 12.8 Å². The zero-order valence-electron chi connectivity index (χ0n) is 18.2. The van der Waals surface area contributed by atoms with E-state index in [0.29, 0.717) is 15.4 Å². The monoisotopic (exact) mass is 490 g/mol. The van der Waals surface area contributed by atoms with E-state index in [1.54, 1.807) is 30.3 Å². The zero-order valence-corrected chi connectivity index (χ0v) is 19.0. The number of aromatic hydroxyl groups is 1. The quantitative estimate of drug-likeness (QED) is 0.384. The van der Waals surface area contributed by atoms with Gasteiger partial charge >= 0.3 is 0 Å². The summed E-state index contributed by atoms with van der Waals surface area (Å²) in [5.74, 6) is -0.990. The number of aromatic nitrogens is 3. The number of benzene rings is 2. The van der Waals surface area contributed by atoms with E-state index in [0.717, 1.165) is 0 Å². The van der Waals surface area contributed by atoms with E-state index in [1.165, 1.54) is 31.5 Å². The molecular formula is C23H18N6O5S. The lowest BCUT2D eigenvalue weighted by Gasteiger charge is -2.23. The Kier molecular flexibility index (Phi) is 4.99. The molecule has 12 heteroatoms. The summed E-state index contributed by atoms with van der Waals surface area (Å²) in [5.41, 5.74) is 13.3. The lowest BCUT2D eigenvalue weighted by atomic mass is 9.85. The highest BCUT2D eigenvalue weighted by molar-refractivity contribution is 7.90. The van der Waals surface area contributed by atoms with E-state index < -0.39 is 15.9 Å². The van der Waals surface area contributed by atoms with Crippen molar-refractivity contribution in [3.63, 3.8) is 0 Å². The third kappa shape index (κ3) is 3.29. The van der Waals surface area contributed by atoms with Crippen molar-refractivity contribution in [2.24, 2.45) is 5.73 Å². The molecule has 1 atom stereocenters. The van der Waals surface area contributed by atoms with E-state index in [2.05, 4.69) is 10.1 Å². The minimum absolute atomic E-state index is 0.0607. The van der Waals surface area contributed by atoms with Gasteiger partial charge in [0.2, 0.25) is 11.8 Å². The van der Waals surface area contributed by atoms with E-state index >= 15 is 0 Å². The van der Waals surface area contributed by atoms with Crippen molar-refractivity contribution < 1.29 is 23.0 Å². The number of nitrogens with zero attached hydrogens (tertiary/aromatic N) is 4. The van der Waals surface area contributed by atoms with Crippen LogP contribution in [0.2, 0.25) is 0 Å². The minimum Gasteiger partial charge on any atom is -0.506 e. The molecule has 0 radical (unpaired) electrons. The molecule has 1 aliphatic heterocycles. The van der Waals surface area contributed by atoms with Gasteiger partial charge in [0, 0.05) is 11.6 Å². The molecular weight excluding hydrogens is 472 g/mol. The van der Waals surface area contributed by atoms with Crippen molar-refractivity contribution >= 4 is 26.7 Å². The summed E-state index contributed by atoms with van der Waals surface area (Å²) >= 11 is 0. The SMILES string of the molecule is COc1ccc([C@@H]2C(C#N)=C(N)Oc3nn(S(=O)(=O)c4ccc(O)c5ncccc45)c(N)c32)cc1. The van der Waals surface area contributed by atoms with Gasteiger partial charge in [0.25, 0.3) is 10.0 Å². The molecule has 2 aromatic carbocycles. The fourth-order valence-electron chi connectivity index (χ4n) is 4.08. The van der Waals surface area contributed by atoms with Crippen molar-refractivity contribution in [1.29, 1.82) is 5.26 Å². The number of phenols is 1. The number of ether oxygens (including phenoxy) is 2. The molecule has 11 nitrogen and oxygen atoms in total. The number of nitrogens with two attached hydrogens (primary N) is 2. The van der Waals surface area contributed by atoms with Gasteiger partial charge in [-0.15, -0.1) is 9.19 Å². The summed E-state index contributed by atoms with van der Waals surface area (Å²) in [6, 6.07) is 14.4. The van der Waals surface area contributed by atoms with Crippen LogP contribution < -0.4 is 20.9 Å². The highest BCUT2D eigenvalue weighted by Gasteiger charge is 2.38.